The third-order valence-electron chi connectivity index (χ3n) is 4.55. The molecule has 1 aromatic rings. The molecule has 23 heavy (non-hydrogen) atoms. The highest BCUT2D eigenvalue weighted by molar-refractivity contribution is 7.89. The van der Waals surface area contributed by atoms with Gasteiger partial charge in [-0.05, 0) is 18.9 Å². The molecule has 9 heteroatoms. The maximum Gasteiger partial charge on any atom is 0.317 e. The van der Waals surface area contributed by atoms with Gasteiger partial charge in [-0.2, -0.15) is 9.40 Å². The average Bonchev–Trinajstić information content (AvgIpc) is 3.11. The van der Waals surface area contributed by atoms with Crippen LogP contribution in [0.2, 0.25) is 0 Å². The number of amides is 2. The number of carbonyl (C=O) groups excluding carboxylic acids is 1. The van der Waals surface area contributed by atoms with Crippen molar-refractivity contribution in [3.05, 3.63) is 12.3 Å². The van der Waals surface area contributed by atoms with Gasteiger partial charge in [0.25, 0.3) is 10.0 Å². The molecule has 2 fully saturated rings. The summed E-state index contributed by atoms with van der Waals surface area (Å²) in [6.07, 6.45) is 7.08. The number of aromatic nitrogens is 2. The van der Waals surface area contributed by atoms with Crippen molar-refractivity contribution in [1.82, 2.24) is 24.7 Å². The Morgan fingerprint density at radius 3 is 2.48 bits per heavy atom. The van der Waals surface area contributed by atoms with Crippen LogP contribution in [0.15, 0.2) is 17.3 Å². The zero-order chi connectivity index (χ0) is 16.3. The van der Waals surface area contributed by atoms with Crippen molar-refractivity contribution in [3.63, 3.8) is 0 Å². The lowest BCUT2D eigenvalue weighted by Gasteiger charge is -2.35. The van der Waals surface area contributed by atoms with E-state index in [4.69, 9.17) is 0 Å². The van der Waals surface area contributed by atoms with Crippen LogP contribution >= 0.6 is 0 Å². The van der Waals surface area contributed by atoms with E-state index >= 15 is 0 Å². The zero-order valence-corrected chi connectivity index (χ0v) is 13.9. The number of nitrogens with zero attached hydrogens (tertiary/aromatic N) is 3. The topological polar surface area (TPSA) is 98.4 Å². The molecule has 8 nitrogen and oxygen atoms in total. The number of hydrogen-bond acceptors (Lipinski definition) is 4. The van der Waals surface area contributed by atoms with Crippen LogP contribution in [0, 0.1) is 0 Å². The van der Waals surface area contributed by atoms with Crippen LogP contribution < -0.4 is 5.32 Å². The van der Waals surface area contributed by atoms with Gasteiger partial charge < -0.3 is 10.2 Å². The van der Waals surface area contributed by atoms with E-state index in [-0.39, 0.29) is 17.1 Å². The summed E-state index contributed by atoms with van der Waals surface area (Å²) < 4.78 is 26.1. The summed E-state index contributed by atoms with van der Waals surface area (Å²) in [5, 5.41) is 9.34. The summed E-state index contributed by atoms with van der Waals surface area (Å²) in [5.74, 6) is 0. The molecule has 1 aliphatic heterocycles. The van der Waals surface area contributed by atoms with E-state index in [2.05, 4.69) is 15.5 Å². The maximum atomic E-state index is 12.4. The Bertz CT molecular complexity index is 617. The summed E-state index contributed by atoms with van der Waals surface area (Å²) in [6, 6.07) is 1.64. The highest BCUT2D eigenvalue weighted by Crippen LogP contribution is 2.18. The van der Waals surface area contributed by atoms with Gasteiger partial charge in [0.1, 0.15) is 0 Å². The van der Waals surface area contributed by atoms with Gasteiger partial charge in [0.05, 0.1) is 6.20 Å². The summed E-state index contributed by atoms with van der Waals surface area (Å²) in [5.41, 5.74) is 0. The molecule has 1 aliphatic carbocycles. The van der Waals surface area contributed by atoms with Gasteiger partial charge in [-0.3, -0.25) is 5.10 Å². The molecule has 1 aromatic heterocycles. The molecule has 0 unspecified atom stereocenters. The van der Waals surface area contributed by atoms with Crippen molar-refractivity contribution in [1.29, 1.82) is 0 Å². The standard InChI is InChI=1S/C14H23N5O3S/c20-14(16-12-4-2-1-3-5-12)18-8-10-19(11-9-18)23(21,22)13-6-7-15-17-13/h6-7,12H,1-5,8-11H2,(H,15,17)(H,16,20). The van der Waals surface area contributed by atoms with E-state index in [1.165, 1.54) is 35.8 Å². The predicted molar refractivity (Wildman–Crippen MR) is 84.3 cm³/mol. The summed E-state index contributed by atoms with van der Waals surface area (Å²) in [7, 11) is -3.54. The van der Waals surface area contributed by atoms with Gasteiger partial charge in [-0.15, -0.1) is 0 Å². The van der Waals surface area contributed by atoms with Crippen LogP contribution in [0.3, 0.4) is 0 Å². The molecule has 2 amide bonds. The van der Waals surface area contributed by atoms with Crippen LogP contribution in [0.5, 0.6) is 0 Å². The number of piperazine rings is 1. The molecule has 3 rings (SSSR count). The first-order chi connectivity index (χ1) is 11.1. The van der Waals surface area contributed by atoms with Gasteiger partial charge in [0, 0.05) is 32.2 Å². The molecular weight excluding hydrogens is 318 g/mol. The number of nitrogens with one attached hydrogen (secondary N) is 2. The number of urea groups is 1. The molecule has 0 aromatic carbocycles. The Hall–Kier alpha value is -1.61. The van der Waals surface area contributed by atoms with Crippen molar-refractivity contribution >= 4 is 16.1 Å². The van der Waals surface area contributed by atoms with Crippen molar-refractivity contribution < 1.29 is 13.2 Å². The molecule has 2 heterocycles. The van der Waals surface area contributed by atoms with Crippen LogP contribution in [0.4, 0.5) is 4.79 Å². The van der Waals surface area contributed by atoms with Crippen molar-refractivity contribution in [2.45, 2.75) is 43.2 Å². The SMILES string of the molecule is O=C(NC1CCCCC1)N1CCN(S(=O)(=O)c2ccn[nH]2)CC1. The molecular formula is C14H23N5O3S. The predicted octanol–water partition coefficient (Wildman–Crippen LogP) is 0.758. The Labute approximate surface area is 136 Å². The summed E-state index contributed by atoms with van der Waals surface area (Å²) in [6.45, 7) is 1.43. The van der Waals surface area contributed by atoms with E-state index in [1.807, 2.05) is 0 Å². The number of rotatable bonds is 3. The van der Waals surface area contributed by atoms with Crippen LogP contribution in [-0.2, 0) is 10.0 Å². The fourth-order valence-corrected chi connectivity index (χ4v) is 4.49. The van der Waals surface area contributed by atoms with Gasteiger partial charge in [-0.25, -0.2) is 13.2 Å². The summed E-state index contributed by atoms with van der Waals surface area (Å²) >= 11 is 0. The van der Waals surface area contributed by atoms with Gasteiger partial charge >= 0.3 is 6.03 Å². The average molecular weight is 341 g/mol. The van der Waals surface area contributed by atoms with E-state index in [0.29, 0.717) is 26.2 Å². The van der Waals surface area contributed by atoms with Crippen LogP contribution in [0.1, 0.15) is 32.1 Å². The minimum absolute atomic E-state index is 0.0736. The lowest BCUT2D eigenvalue weighted by molar-refractivity contribution is 0.166. The quantitative estimate of drug-likeness (QED) is 0.848. The van der Waals surface area contributed by atoms with Gasteiger partial charge in [0.2, 0.25) is 0 Å². The third-order valence-corrected chi connectivity index (χ3v) is 6.38. The van der Waals surface area contributed by atoms with Gasteiger partial charge in [0.15, 0.2) is 5.03 Å². The lowest BCUT2D eigenvalue weighted by Crippen LogP contribution is -2.54. The Morgan fingerprint density at radius 2 is 1.87 bits per heavy atom. The van der Waals surface area contributed by atoms with E-state index in [9.17, 15) is 13.2 Å². The molecule has 0 atom stereocenters. The molecule has 2 aliphatic rings. The number of aromatic amines is 1. The smallest absolute Gasteiger partial charge is 0.317 e. The first-order valence-corrected chi connectivity index (χ1v) is 9.56. The number of sulfonamides is 1. The monoisotopic (exact) mass is 341 g/mol. The minimum atomic E-state index is -3.54. The van der Waals surface area contributed by atoms with Crippen LogP contribution in [-0.4, -0.2) is 66.1 Å². The van der Waals surface area contributed by atoms with Crippen LogP contribution in [0.25, 0.3) is 0 Å². The normalized spacial score (nSPS) is 21.3. The maximum absolute atomic E-state index is 12.4. The Balaban J connectivity index is 1.53. The minimum Gasteiger partial charge on any atom is -0.335 e. The van der Waals surface area contributed by atoms with E-state index < -0.39 is 10.0 Å². The molecule has 2 N–H and O–H groups in total. The first-order valence-electron chi connectivity index (χ1n) is 8.12. The highest BCUT2D eigenvalue weighted by Gasteiger charge is 2.31. The second-order valence-corrected chi connectivity index (χ2v) is 8.00. The fraction of sp³-hybridized carbons (Fsp3) is 0.714. The molecule has 0 radical (unpaired) electrons. The van der Waals surface area contributed by atoms with Crippen molar-refractivity contribution in [3.8, 4) is 0 Å². The zero-order valence-electron chi connectivity index (χ0n) is 13.1. The molecule has 128 valence electrons. The fourth-order valence-electron chi connectivity index (χ4n) is 3.17. The van der Waals surface area contributed by atoms with E-state index in [0.717, 1.165) is 12.8 Å². The molecule has 1 saturated heterocycles. The van der Waals surface area contributed by atoms with Crippen molar-refractivity contribution in [2.24, 2.45) is 0 Å². The number of hydrogen-bond donors (Lipinski definition) is 2. The molecule has 1 saturated carbocycles. The lowest BCUT2D eigenvalue weighted by atomic mass is 9.96. The van der Waals surface area contributed by atoms with Gasteiger partial charge in [-0.1, -0.05) is 19.3 Å². The second kappa shape index (κ2) is 6.88. The second-order valence-electron chi connectivity index (χ2n) is 6.10. The number of carbonyl (C=O) groups is 1. The Kier molecular flexibility index (Phi) is 4.86. The summed E-state index contributed by atoms with van der Waals surface area (Å²) in [4.78, 5) is 14.0. The molecule has 0 bridgehead atoms. The Morgan fingerprint density at radius 1 is 1.17 bits per heavy atom. The largest absolute Gasteiger partial charge is 0.335 e. The first kappa shape index (κ1) is 16.3. The van der Waals surface area contributed by atoms with E-state index in [1.54, 1.807) is 4.90 Å². The highest BCUT2D eigenvalue weighted by atomic mass is 32.2. The number of H-pyrrole nitrogens is 1. The molecule has 0 spiro atoms. The van der Waals surface area contributed by atoms with Crippen molar-refractivity contribution in [2.75, 3.05) is 26.2 Å². The third kappa shape index (κ3) is 3.66.